The predicted octanol–water partition coefficient (Wildman–Crippen LogP) is 1.62. The maximum atomic E-state index is 4.14. The Labute approximate surface area is 86.6 Å². The number of rotatable bonds is 7. The van der Waals surface area contributed by atoms with E-state index in [-0.39, 0.29) is 11.0 Å². The fraction of sp³-hybridized carbons (Fsp3) is 0.800. The van der Waals surface area contributed by atoms with Crippen LogP contribution in [-0.4, -0.2) is 30.1 Å². The van der Waals surface area contributed by atoms with Gasteiger partial charge in [0.05, 0.1) is 0 Å². The quantitative estimate of drug-likeness (QED) is 0.258. The standard InChI is InChI=1S/C10H20N2.H4Si/c1-3-5-7-9-12-10-11-8-6-4-2;/h9-10H,3-8H2,1-2H3;1H4. The fourth-order valence-corrected chi connectivity index (χ4v) is 0.771. The van der Waals surface area contributed by atoms with Gasteiger partial charge in [-0.15, -0.1) is 0 Å². The molecule has 0 saturated heterocycles. The van der Waals surface area contributed by atoms with Crippen molar-refractivity contribution < 1.29 is 0 Å². The molecule has 3 heteroatoms. The first-order chi connectivity index (χ1) is 5.91. The number of hydrogen-bond acceptors (Lipinski definition) is 1. The summed E-state index contributed by atoms with van der Waals surface area (Å²) in [6.45, 7) is 5.27. The smallest absolute Gasteiger partial charge is 0.109 e. The van der Waals surface area contributed by atoms with Crippen molar-refractivity contribution >= 4 is 23.5 Å². The molecule has 13 heavy (non-hydrogen) atoms. The van der Waals surface area contributed by atoms with Crippen LogP contribution in [-0.2, 0) is 0 Å². The molecule has 0 aromatic rings. The molecule has 0 aliphatic carbocycles. The van der Waals surface area contributed by atoms with Crippen molar-refractivity contribution in [3.63, 3.8) is 0 Å². The van der Waals surface area contributed by atoms with Gasteiger partial charge in [0.15, 0.2) is 0 Å². The van der Waals surface area contributed by atoms with E-state index in [9.17, 15) is 0 Å². The van der Waals surface area contributed by atoms with E-state index in [1.807, 2.05) is 6.21 Å². The summed E-state index contributed by atoms with van der Waals surface area (Å²) in [5.41, 5.74) is 0. The molecular formula is C10H24N2Si. The van der Waals surface area contributed by atoms with Crippen molar-refractivity contribution in [1.82, 2.24) is 0 Å². The highest BCUT2D eigenvalue weighted by atomic mass is 28.1. The van der Waals surface area contributed by atoms with E-state index in [0.29, 0.717) is 0 Å². The van der Waals surface area contributed by atoms with Crippen LogP contribution in [0.4, 0.5) is 0 Å². The van der Waals surface area contributed by atoms with Crippen LogP contribution in [0.1, 0.15) is 46.0 Å². The minimum Gasteiger partial charge on any atom is -0.274 e. The lowest BCUT2D eigenvalue weighted by molar-refractivity contribution is 0.809. The molecule has 0 N–H and O–H groups in total. The molecule has 0 aliphatic heterocycles. The van der Waals surface area contributed by atoms with E-state index in [1.54, 1.807) is 6.34 Å². The third-order valence-electron chi connectivity index (χ3n) is 1.58. The summed E-state index contributed by atoms with van der Waals surface area (Å²) in [4.78, 5) is 8.20. The molecule has 78 valence electrons. The molecule has 0 radical (unpaired) electrons. The Morgan fingerprint density at radius 3 is 2.38 bits per heavy atom. The summed E-state index contributed by atoms with van der Waals surface area (Å²) in [7, 11) is 0. The highest BCUT2D eigenvalue weighted by Gasteiger charge is 1.77. The van der Waals surface area contributed by atoms with Gasteiger partial charge in [-0.3, -0.25) is 4.99 Å². The SMILES string of the molecule is CCCCC=NC=NCCCC.[SiH4]. The lowest BCUT2D eigenvalue weighted by atomic mass is 10.3. The molecule has 0 aliphatic rings. The Hall–Kier alpha value is -0.443. The lowest BCUT2D eigenvalue weighted by Gasteiger charge is -1.87. The third kappa shape index (κ3) is 14.4. The van der Waals surface area contributed by atoms with Crippen molar-refractivity contribution in [3.8, 4) is 0 Å². The average molecular weight is 200 g/mol. The summed E-state index contributed by atoms with van der Waals surface area (Å²) in [6.07, 6.45) is 9.53. The van der Waals surface area contributed by atoms with Crippen LogP contribution < -0.4 is 0 Å². The molecule has 0 atom stereocenters. The predicted molar refractivity (Wildman–Crippen MR) is 67.6 cm³/mol. The van der Waals surface area contributed by atoms with Crippen LogP contribution >= 0.6 is 0 Å². The zero-order chi connectivity index (χ0) is 9.07. The zero-order valence-electron chi connectivity index (χ0n) is 8.29. The van der Waals surface area contributed by atoms with Crippen LogP contribution in [0.5, 0.6) is 0 Å². The zero-order valence-corrected chi connectivity index (χ0v) is 8.29. The van der Waals surface area contributed by atoms with Crippen LogP contribution in [0.3, 0.4) is 0 Å². The first kappa shape index (κ1) is 15.0. The number of aliphatic imine (C=N–C) groups is 2. The molecular weight excluding hydrogens is 176 g/mol. The molecule has 0 saturated carbocycles. The highest BCUT2D eigenvalue weighted by molar-refractivity contribution is 5.75. The fourth-order valence-electron chi connectivity index (χ4n) is 0.771. The van der Waals surface area contributed by atoms with Gasteiger partial charge in [0.1, 0.15) is 6.34 Å². The van der Waals surface area contributed by atoms with Gasteiger partial charge in [-0.2, -0.15) is 0 Å². The van der Waals surface area contributed by atoms with Crippen molar-refractivity contribution in [3.05, 3.63) is 0 Å². The van der Waals surface area contributed by atoms with Gasteiger partial charge >= 0.3 is 0 Å². The van der Waals surface area contributed by atoms with Gasteiger partial charge in [-0.1, -0.05) is 26.7 Å². The van der Waals surface area contributed by atoms with Gasteiger partial charge in [0.2, 0.25) is 0 Å². The summed E-state index contributed by atoms with van der Waals surface area (Å²) < 4.78 is 0. The summed E-state index contributed by atoms with van der Waals surface area (Å²) in [5, 5.41) is 0. The molecule has 2 nitrogen and oxygen atoms in total. The lowest BCUT2D eigenvalue weighted by Crippen LogP contribution is -1.80. The highest BCUT2D eigenvalue weighted by Crippen LogP contribution is 1.89. The maximum Gasteiger partial charge on any atom is 0.109 e. The monoisotopic (exact) mass is 200 g/mol. The van der Waals surface area contributed by atoms with Crippen LogP contribution in [0, 0.1) is 0 Å². The second-order valence-electron chi connectivity index (χ2n) is 2.85. The van der Waals surface area contributed by atoms with Crippen molar-refractivity contribution in [2.45, 2.75) is 46.0 Å². The molecule has 0 fully saturated rings. The van der Waals surface area contributed by atoms with Gasteiger partial charge in [0, 0.05) is 12.8 Å². The second kappa shape index (κ2) is 14.1. The largest absolute Gasteiger partial charge is 0.274 e. The van der Waals surface area contributed by atoms with Gasteiger partial charge < -0.3 is 0 Å². The van der Waals surface area contributed by atoms with Crippen molar-refractivity contribution in [2.24, 2.45) is 9.98 Å². The average Bonchev–Trinajstić information content (AvgIpc) is 2.10. The molecule has 0 spiro atoms. The minimum absolute atomic E-state index is 0. The Bertz CT molecular complexity index is 117. The van der Waals surface area contributed by atoms with E-state index in [0.717, 1.165) is 13.0 Å². The summed E-state index contributed by atoms with van der Waals surface area (Å²) in [6, 6.07) is 0. The maximum absolute atomic E-state index is 4.14. The second-order valence-corrected chi connectivity index (χ2v) is 2.85. The van der Waals surface area contributed by atoms with E-state index in [1.165, 1.54) is 25.7 Å². The van der Waals surface area contributed by atoms with Crippen LogP contribution in [0.25, 0.3) is 0 Å². The first-order valence-electron chi connectivity index (χ1n) is 4.91. The Morgan fingerprint density at radius 2 is 1.77 bits per heavy atom. The van der Waals surface area contributed by atoms with Crippen molar-refractivity contribution in [1.29, 1.82) is 0 Å². The summed E-state index contributed by atoms with van der Waals surface area (Å²) in [5.74, 6) is 0. The summed E-state index contributed by atoms with van der Waals surface area (Å²) >= 11 is 0. The first-order valence-corrected chi connectivity index (χ1v) is 4.91. The number of unbranched alkanes of at least 4 members (excludes halogenated alkanes) is 3. The molecule has 0 aromatic heterocycles. The molecule has 0 heterocycles. The van der Waals surface area contributed by atoms with E-state index in [4.69, 9.17) is 0 Å². The van der Waals surface area contributed by atoms with Gasteiger partial charge in [-0.25, -0.2) is 4.99 Å². The van der Waals surface area contributed by atoms with Crippen molar-refractivity contribution in [2.75, 3.05) is 6.54 Å². The Kier molecular flexibility index (Phi) is 16.3. The molecule has 0 unspecified atom stereocenters. The molecule has 0 bridgehead atoms. The van der Waals surface area contributed by atoms with Crippen LogP contribution in [0.2, 0.25) is 0 Å². The topological polar surface area (TPSA) is 24.7 Å². The Morgan fingerprint density at radius 1 is 1.08 bits per heavy atom. The number of nitrogens with zero attached hydrogens (tertiary/aromatic N) is 2. The van der Waals surface area contributed by atoms with E-state index in [2.05, 4.69) is 23.8 Å². The van der Waals surface area contributed by atoms with Crippen LogP contribution in [0.15, 0.2) is 9.98 Å². The molecule has 0 amide bonds. The normalized spacial score (nSPS) is 10.9. The molecule has 0 aromatic carbocycles. The number of hydrogen-bond donors (Lipinski definition) is 0. The van der Waals surface area contributed by atoms with E-state index >= 15 is 0 Å². The minimum atomic E-state index is 0. The van der Waals surface area contributed by atoms with Gasteiger partial charge in [0.25, 0.3) is 0 Å². The Balaban J connectivity index is 0. The third-order valence-corrected chi connectivity index (χ3v) is 1.58. The molecule has 0 rings (SSSR count). The van der Waals surface area contributed by atoms with E-state index < -0.39 is 0 Å². The van der Waals surface area contributed by atoms with Gasteiger partial charge in [-0.05, 0) is 30.2 Å².